The van der Waals surface area contributed by atoms with E-state index in [0.29, 0.717) is 17.6 Å². The lowest BCUT2D eigenvalue weighted by Gasteiger charge is -2.16. The first-order chi connectivity index (χ1) is 16.3. The number of nitrogens with zero attached hydrogens (tertiary/aromatic N) is 4. The molecule has 1 aromatic carbocycles. The number of rotatable bonds is 6. The highest BCUT2D eigenvalue weighted by molar-refractivity contribution is 7.91. The lowest BCUT2D eigenvalue weighted by atomic mass is 10.2. The quantitative estimate of drug-likeness (QED) is 0.551. The van der Waals surface area contributed by atoms with Gasteiger partial charge in [0, 0.05) is 12.1 Å². The third kappa shape index (κ3) is 4.31. The largest absolute Gasteiger partial charge is 0.351 e. The van der Waals surface area contributed by atoms with Crippen molar-refractivity contribution in [2.45, 2.75) is 57.3 Å². The maximum atomic E-state index is 13.5. The second-order valence-electron chi connectivity index (χ2n) is 9.18. The van der Waals surface area contributed by atoms with Crippen molar-refractivity contribution in [2.24, 2.45) is 0 Å². The van der Waals surface area contributed by atoms with Gasteiger partial charge in [-0.25, -0.2) is 22.8 Å². The molecule has 1 amide bonds. The molecule has 1 saturated carbocycles. The van der Waals surface area contributed by atoms with E-state index in [0.717, 1.165) is 35.8 Å². The number of sulfone groups is 1. The van der Waals surface area contributed by atoms with Gasteiger partial charge in [0.05, 0.1) is 24.4 Å². The van der Waals surface area contributed by atoms with Gasteiger partial charge < -0.3 is 9.88 Å². The van der Waals surface area contributed by atoms with E-state index >= 15 is 0 Å². The van der Waals surface area contributed by atoms with Crippen LogP contribution < -0.4 is 16.6 Å². The lowest BCUT2D eigenvalue weighted by molar-refractivity contribution is -0.122. The molecule has 34 heavy (non-hydrogen) atoms. The van der Waals surface area contributed by atoms with Gasteiger partial charge in [0.15, 0.2) is 21.0 Å². The van der Waals surface area contributed by atoms with E-state index in [9.17, 15) is 22.8 Å². The molecule has 2 aliphatic rings. The molecule has 0 unspecified atom stereocenters. The molecule has 1 aliphatic carbocycles. The standard InChI is InChI=1S/C23H27N5O5S/c29-19(25-17-10-11-34(32,33)14-17)13-27-22(30)20-21(24-15-28(20)18-8-4-5-9-18)26(23(27)31)12-16-6-2-1-3-7-16/h1-3,6-7,15,17-18H,4-5,8-14H2,(H,25,29)/t17-/m1/s1. The van der Waals surface area contributed by atoms with Crippen LogP contribution in [0, 0.1) is 0 Å². The van der Waals surface area contributed by atoms with Crippen molar-refractivity contribution in [3.05, 3.63) is 63.1 Å². The lowest BCUT2D eigenvalue weighted by Crippen LogP contribution is -2.46. The first-order valence-corrected chi connectivity index (χ1v) is 13.4. The maximum absolute atomic E-state index is 13.5. The molecule has 3 heterocycles. The third-order valence-corrected chi connectivity index (χ3v) is 8.51. The van der Waals surface area contributed by atoms with Crippen LogP contribution in [-0.4, -0.2) is 50.6 Å². The Balaban J connectivity index is 1.56. The molecule has 1 N–H and O–H groups in total. The highest BCUT2D eigenvalue weighted by Crippen LogP contribution is 2.31. The van der Waals surface area contributed by atoms with E-state index in [4.69, 9.17) is 0 Å². The van der Waals surface area contributed by atoms with E-state index in [2.05, 4.69) is 10.3 Å². The van der Waals surface area contributed by atoms with Crippen molar-refractivity contribution < 1.29 is 13.2 Å². The number of aromatic nitrogens is 4. The predicted molar refractivity (Wildman–Crippen MR) is 127 cm³/mol. The van der Waals surface area contributed by atoms with Crippen LogP contribution in [-0.2, 0) is 27.7 Å². The third-order valence-electron chi connectivity index (χ3n) is 6.74. The van der Waals surface area contributed by atoms with Gasteiger partial charge in [-0.15, -0.1) is 0 Å². The number of fused-ring (bicyclic) bond motifs is 1. The topological polar surface area (TPSA) is 125 Å². The summed E-state index contributed by atoms with van der Waals surface area (Å²) in [4.78, 5) is 44.1. The molecule has 0 radical (unpaired) electrons. The van der Waals surface area contributed by atoms with Crippen LogP contribution in [0.1, 0.15) is 43.7 Å². The van der Waals surface area contributed by atoms with E-state index in [-0.39, 0.29) is 24.1 Å². The normalized spacial score (nSPS) is 20.2. The second kappa shape index (κ2) is 8.86. The Labute approximate surface area is 196 Å². The molecule has 180 valence electrons. The van der Waals surface area contributed by atoms with Gasteiger partial charge in [0.2, 0.25) is 5.91 Å². The fraction of sp³-hybridized carbons (Fsp3) is 0.478. The van der Waals surface area contributed by atoms with Gasteiger partial charge in [0.25, 0.3) is 5.56 Å². The highest BCUT2D eigenvalue weighted by atomic mass is 32.2. The van der Waals surface area contributed by atoms with Crippen molar-refractivity contribution >= 4 is 26.9 Å². The Bertz CT molecular complexity index is 1450. The van der Waals surface area contributed by atoms with Crippen molar-refractivity contribution in [3.8, 4) is 0 Å². The van der Waals surface area contributed by atoms with Crippen LogP contribution in [0.15, 0.2) is 46.2 Å². The summed E-state index contributed by atoms with van der Waals surface area (Å²) in [5.74, 6) is -0.660. The van der Waals surface area contributed by atoms with Crippen LogP contribution in [0.3, 0.4) is 0 Å². The van der Waals surface area contributed by atoms with Gasteiger partial charge in [-0.2, -0.15) is 0 Å². The minimum absolute atomic E-state index is 0.0221. The van der Waals surface area contributed by atoms with E-state index in [1.807, 2.05) is 34.9 Å². The highest BCUT2D eigenvalue weighted by Gasteiger charge is 2.30. The Morgan fingerprint density at radius 3 is 2.47 bits per heavy atom. The van der Waals surface area contributed by atoms with Gasteiger partial charge in [-0.05, 0) is 24.8 Å². The second-order valence-corrected chi connectivity index (χ2v) is 11.4. The average Bonchev–Trinajstić information content (AvgIpc) is 3.54. The van der Waals surface area contributed by atoms with Crippen LogP contribution in [0.2, 0.25) is 0 Å². The number of carbonyl (C=O) groups is 1. The summed E-state index contributed by atoms with van der Waals surface area (Å²) in [6.07, 6.45) is 5.94. The fourth-order valence-corrected chi connectivity index (χ4v) is 6.71. The molecule has 3 aromatic rings. The molecular formula is C23H27N5O5S. The summed E-state index contributed by atoms with van der Waals surface area (Å²) in [7, 11) is -3.17. The van der Waals surface area contributed by atoms with E-state index in [1.54, 1.807) is 6.33 Å². The monoisotopic (exact) mass is 485 g/mol. The molecule has 0 bridgehead atoms. The first kappa shape index (κ1) is 22.6. The Kier molecular flexibility index (Phi) is 5.88. The summed E-state index contributed by atoms with van der Waals surface area (Å²) in [6.45, 7) is -0.268. The van der Waals surface area contributed by atoms with Crippen molar-refractivity contribution in [1.29, 1.82) is 0 Å². The summed E-state index contributed by atoms with van der Waals surface area (Å²) < 4.78 is 27.7. The van der Waals surface area contributed by atoms with Crippen molar-refractivity contribution in [2.75, 3.05) is 11.5 Å². The average molecular weight is 486 g/mol. The Morgan fingerprint density at radius 1 is 1.06 bits per heavy atom. The Morgan fingerprint density at radius 2 is 1.79 bits per heavy atom. The Hall–Kier alpha value is -3.21. The summed E-state index contributed by atoms with van der Waals surface area (Å²) >= 11 is 0. The minimum Gasteiger partial charge on any atom is -0.351 e. The summed E-state index contributed by atoms with van der Waals surface area (Å²) in [5, 5.41) is 2.67. The minimum atomic E-state index is -3.17. The molecule has 1 aliphatic heterocycles. The smallest absolute Gasteiger partial charge is 0.333 e. The first-order valence-electron chi connectivity index (χ1n) is 11.6. The van der Waals surface area contributed by atoms with Crippen LogP contribution in [0.5, 0.6) is 0 Å². The van der Waals surface area contributed by atoms with Gasteiger partial charge >= 0.3 is 5.69 Å². The zero-order valence-electron chi connectivity index (χ0n) is 18.7. The van der Waals surface area contributed by atoms with Crippen LogP contribution in [0.25, 0.3) is 11.2 Å². The van der Waals surface area contributed by atoms with Crippen LogP contribution in [0.4, 0.5) is 0 Å². The van der Waals surface area contributed by atoms with E-state index < -0.39 is 39.6 Å². The molecular weight excluding hydrogens is 458 g/mol. The molecule has 10 nitrogen and oxygen atoms in total. The molecule has 0 spiro atoms. The fourth-order valence-electron chi connectivity index (χ4n) is 5.04. The van der Waals surface area contributed by atoms with Crippen molar-refractivity contribution in [1.82, 2.24) is 24.0 Å². The molecule has 1 saturated heterocycles. The summed E-state index contributed by atoms with van der Waals surface area (Å²) in [5.41, 5.74) is 0.324. The van der Waals surface area contributed by atoms with Crippen molar-refractivity contribution in [3.63, 3.8) is 0 Å². The molecule has 1 atom stereocenters. The molecule has 2 aromatic heterocycles. The number of hydrogen-bond donors (Lipinski definition) is 1. The SMILES string of the molecule is O=C(Cn1c(=O)c2c(ncn2C2CCCC2)n(Cc2ccccc2)c1=O)N[C@@H]1CCS(=O)(=O)C1. The van der Waals surface area contributed by atoms with Crippen LogP contribution >= 0.6 is 0 Å². The van der Waals surface area contributed by atoms with E-state index in [1.165, 1.54) is 4.57 Å². The number of benzene rings is 1. The summed E-state index contributed by atoms with van der Waals surface area (Å²) in [6, 6.07) is 9.01. The maximum Gasteiger partial charge on any atom is 0.333 e. The molecule has 2 fully saturated rings. The zero-order valence-corrected chi connectivity index (χ0v) is 19.5. The molecule has 5 rings (SSSR count). The van der Waals surface area contributed by atoms with Gasteiger partial charge in [0.1, 0.15) is 6.54 Å². The predicted octanol–water partition coefficient (Wildman–Crippen LogP) is 0.826. The number of imidazole rings is 1. The molecule has 11 heteroatoms. The number of hydrogen-bond acceptors (Lipinski definition) is 6. The zero-order chi connectivity index (χ0) is 23.9. The van der Waals surface area contributed by atoms with Gasteiger partial charge in [-0.3, -0.25) is 14.2 Å². The number of carbonyl (C=O) groups excluding carboxylic acids is 1. The van der Waals surface area contributed by atoms with Gasteiger partial charge in [-0.1, -0.05) is 43.2 Å². The number of amides is 1. The number of nitrogens with one attached hydrogen (secondary N) is 1.